The van der Waals surface area contributed by atoms with Crippen LogP contribution in [0.5, 0.6) is 0 Å². The van der Waals surface area contributed by atoms with E-state index >= 15 is 0 Å². The van der Waals surface area contributed by atoms with E-state index in [-0.39, 0.29) is 6.03 Å². The van der Waals surface area contributed by atoms with Crippen molar-refractivity contribution in [1.82, 2.24) is 4.90 Å². The maximum atomic E-state index is 12.2. The fourth-order valence-electron chi connectivity index (χ4n) is 2.39. The van der Waals surface area contributed by atoms with Crippen molar-refractivity contribution in [2.24, 2.45) is 5.92 Å². The molecule has 5 heteroatoms. The Balaban J connectivity index is 1.92. The predicted octanol–water partition coefficient (Wildman–Crippen LogP) is 3.23. The molecule has 104 valence electrons. The first-order valence-electron chi connectivity index (χ1n) is 6.49. The first-order valence-corrected chi connectivity index (χ1v) is 6.87. The zero-order chi connectivity index (χ0) is 13.7. The molecule has 1 aromatic carbocycles. The van der Waals surface area contributed by atoms with Crippen LogP contribution in [0.15, 0.2) is 24.3 Å². The highest BCUT2D eigenvalue weighted by atomic mass is 35.5. The minimum absolute atomic E-state index is 0.0666. The van der Waals surface area contributed by atoms with Gasteiger partial charge in [-0.05, 0) is 31.0 Å². The van der Waals surface area contributed by atoms with E-state index in [0.717, 1.165) is 31.6 Å². The molecule has 1 unspecified atom stereocenters. The van der Waals surface area contributed by atoms with Gasteiger partial charge in [-0.25, -0.2) is 4.79 Å². The van der Waals surface area contributed by atoms with Gasteiger partial charge in [0.25, 0.3) is 0 Å². The van der Waals surface area contributed by atoms with Crippen LogP contribution < -0.4 is 5.32 Å². The highest BCUT2D eigenvalue weighted by Crippen LogP contribution is 2.19. The van der Waals surface area contributed by atoms with E-state index in [0.29, 0.717) is 17.5 Å². The van der Waals surface area contributed by atoms with Crippen LogP contribution in [0, 0.1) is 5.92 Å². The number of rotatable bonds is 3. The molecule has 1 aliphatic rings. The second-order valence-corrected chi connectivity index (χ2v) is 5.29. The Hall–Kier alpha value is -1.26. The molecular weight excluding hydrogens is 264 g/mol. The van der Waals surface area contributed by atoms with Crippen LogP contribution in [-0.4, -0.2) is 37.7 Å². The molecule has 0 bridgehead atoms. The first-order chi connectivity index (χ1) is 9.19. The van der Waals surface area contributed by atoms with E-state index in [1.54, 1.807) is 19.2 Å². The monoisotopic (exact) mass is 282 g/mol. The molecule has 2 amide bonds. The molecule has 19 heavy (non-hydrogen) atoms. The molecule has 4 nitrogen and oxygen atoms in total. The van der Waals surface area contributed by atoms with Crippen LogP contribution in [0.4, 0.5) is 10.5 Å². The van der Waals surface area contributed by atoms with Gasteiger partial charge < -0.3 is 15.0 Å². The van der Waals surface area contributed by atoms with Crippen molar-refractivity contribution in [2.75, 3.05) is 32.1 Å². The summed E-state index contributed by atoms with van der Waals surface area (Å²) in [5.74, 6) is 0.434. The summed E-state index contributed by atoms with van der Waals surface area (Å²) in [5, 5.41) is 3.50. The van der Waals surface area contributed by atoms with Gasteiger partial charge in [0, 0.05) is 36.8 Å². The van der Waals surface area contributed by atoms with Gasteiger partial charge in [0.2, 0.25) is 0 Å². The van der Waals surface area contributed by atoms with E-state index in [2.05, 4.69) is 5.32 Å². The second-order valence-electron chi connectivity index (χ2n) is 4.85. The van der Waals surface area contributed by atoms with Crippen LogP contribution in [0.3, 0.4) is 0 Å². The lowest BCUT2D eigenvalue weighted by Crippen LogP contribution is -2.43. The highest BCUT2D eigenvalue weighted by Gasteiger charge is 2.23. The van der Waals surface area contributed by atoms with Gasteiger partial charge in [-0.15, -0.1) is 0 Å². The minimum atomic E-state index is -0.0666. The van der Waals surface area contributed by atoms with Crippen molar-refractivity contribution >= 4 is 23.3 Å². The number of ether oxygens (including phenoxy) is 1. The van der Waals surface area contributed by atoms with Crippen LogP contribution in [0.1, 0.15) is 12.8 Å². The number of amides is 2. The van der Waals surface area contributed by atoms with Crippen LogP contribution >= 0.6 is 11.6 Å². The topological polar surface area (TPSA) is 41.6 Å². The Kier molecular flexibility index (Phi) is 5.05. The number of likely N-dealkylation sites (tertiary alicyclic amines) is 1. The number of carbonyl (C=O) groups excluding carboxylic acids is 1. The third-order valence-electron chi connectivity index (χ3n) is 3.28. The third kappa shape index (κ3) is 4.11. The number of hydrogen-bond donors (Lipinski definition) is 1. The summed E-state index contributed by atoms with van der Waals surface area (Å²) in [6.45, 7) is 2.26. The number of piperidine rings is 1. The lowest BCUT2D eigenvalue weighted by Gasteiger charge is -2.32. The Bertz CT molecular complexity index is 437. The summed E-state index contributed by atoms with van der Waals surface area (Å²) in [4.78, 5) is 14.0. The molecular formula is C14H19ClN2O2. The van der Waals surface area contributed by atoms with Gasteiger partial charge in [-0.3, -0.25) is 0 Å². The predicted molar refractivity (Wildman–Crippen MR) is 76.6 cm³/mol. The van der Waals surface area contributed by atoms with Crippen LogP contribution in [-0.2, 0) is 4.74 Å². The Morgan fingerprint density at radius 2 is 2.42 bits per heavy atom. The second kappa shape index (κ2) is 6.78. The molecule has 0 aliphatic carbocycles. The number of halogens is 1. The molecule has 1 aromatic rings. The molecule has 0 aromatic heterocycles. The van der Waals surface area contributed by atoms with Gasteiger partial charge in [0.1, 0.15) is 0 Å². The normalized spacial score (nSPS) is 19.3. The summed E-state index contributed by atoms with van der Waals surface area (Å²) in [5.41, 5.74) is 0.728. The Labute approximate surface area is 118 Å². The lowest BCUT2D eigenvalue weighted by atomic mass is 9.99. The number of urea groups is 1. The maximum absolute atomic E-state index is 12.2. The lowest BCUT2D eigenvalue weighted by molar-refractivity contribution is 0.104. The van der Waals surface area contributed by atoms with Gasteiger partial charge in [-0.1, -0.05) is 17.7 Å². The van der Waals surface area contributed by atoms with Gasteiger partial charge >= 0.3 is 6.03 Å². The first kappa shape index (κ1) is 14.2. The van der Waals surface area contributed by atoms with Crippen LogP contribution in [0.25, 0.3) is 0 Å². The summed E-state index contributed by atoms with van der Waals surface area (Å²) in [6.07, 6.45) is 2.14. The fraction of sp³-hybridized carbons (Fsp3) is 0.500. The standard InChI is InChI=1S/C14H19ClN2O2/c1-19-10-11-4-3-7-17(9-11)14(18)16-13-6-2-5-12(15)8-13/h2,5-6,8,11H,3-4,7,9-10H2,1H3,(H,16,18). The summed E-state index contributed by atoms with van der Waals surface area (Å²) in [6, 6.07) is 7.12. The molecule has 1 atom stereocenters. The molecule has 2 rings (SSSR count). The number of methoxy groups -OCH3 is 1. The fourth-order valence-corrected chi connectivity index (χ4v) is 2.58. The van der Waals surface area contributed by atoms with Crippen LogP contribution in [0.2, 0.25) is 5.02 Å². The van der Waals surface area contributed by atoms with E-state index in [1.807, 2.05) is 17.0 Å². The van der Waals surface area contributed by atoms with Crippen molar-refractivity contribution < 1.29 is 9.53 Å². The van der Waals surface area contributed by atoms with Gasteiger partial charge in [-0.2, -0.15) is 0 Å². The van der Waals surface area contributed by atoms with Crippen molar-refractivity contribution in [3.8, 4) is 0 Å². The largest absolute Gasteiger partial charge is 0.384 e. The smallest absolute Gasteiger partial charge is 0.321 e. The highest BCUT2D eigenvalue weighted by molar-refractivity contribution is 6.30. The van der Waals surface area contributed by atoms with Gasteiger partial charge in [0.15, 0.2) is 0 Å². The summed E-state index contributed by atoms with van der Waals surface area (Å²) >= 11 is 5.90. The average molecular weight is 283 g/mol. The quantitative estimate of drug-likeness (QED) is 0.925. The van der Waals surface area contributed by atoms with E-state index in [4.69, 9.17) is 16.3 Å². The van der Waals surface area contributed by atoms with Crippen molar-refractivity contribution in [3.63, 3.8) is 0 Å². The molecule has 0 radical (unpaired) electrons. The van der Waals surface area contributed by atoms with Crippen molar-refractivity contribution in [1.29, 1.82) is 0 Å². The number of nitrogens with zero attached hydrogens (tertiary/aromatic N) is 1. The Morgan fingerprint density at radius 1 is 1.58 bits per heavy atom. The van der Waals surface area contributed by atoms with E-state index in [9.17, 15) is 4.79 Å². The molecule has 1 heterocycles. The molecule has 1 aliphatic heterocycles. The van der Waals surface area contributed by atoms with Gasteiger partial charge in [0.05, 0.1) is 6.61 Å². The number of anilines is 1. The summed E-state index contributed by atoms with van der Waals surface area (Å²) in [7, 11) is 1.70. The molecule has 0 spiro atoms. The maximum Gasteiger partial charge on any atom is 0.321 e. The summed E-state index contributed by atoms with van der Waals surface area (Å²) < 4.78 is 5.17. The van der Waals surface area contributed by atoms with E-state index < -0.39 is 0 Å². The number of nitrogens with one attached hydrogen (secondary N) is 1. The number of carbonyl (C=O) groups is 1. The Morgan fingerprint density at radius 3 is 3.16 bits per heavy atom. The molecule has 0 saturated carbocycles. The number of hydrogen-bond acceptors (Lipinski definition) is 2. The molecule has 1 saturated heterocycles. The third-order valence-corrected chi connectivity index (χ3v) is 3.52. The zero-order valence-corrected chi connectivity index (χ0v) is 11.8. The molecule has 1 N–H and O–H groups in total. The average Bonchev–Trinajstić information content (AvgIpc) is 2.39. The van der Waals surface area contributed by atoms with Crippen molar-refractivity contribution in [2.45, 2.75) is 12.8 Å². The van der Waals surface area contributed by atoms with E-state index in [1.165, 1.54) is 0 Å². The molecule has 1 fully saturated rings. The number of benzene rings is 1. The minimum Gasteiger partial charge on any atom is -0.384 e. The zero-order valence-electron chi connectivity index (χ0n) is 11.1. The SMILES string of the molecule is COCC1CCCN(C(=O)Nc2cccc(Cl)c2)C1. The van der Waals surface area contributed by atoms with Crippen molar-refractivity contribution in [3.05, 3.63) is 29.3 Å².